The third-order valence-electron chi connectivity index (χ3n) is 3.12. The Kier molecular flexibility index (Phi) is 5.15. The number of hydrogen-bond acceptors (Lipinski definition) is 3. The number of piperidine rings is 1. The maximum absolute atomic E-state index is 11.5. The lowest BCUT2D eigenvalue weighted by molar-refractivity contribution is -0.132. The first-order valence-corrected chi connectivity index (χ1v) is 5.88. The standard InChI is InChI=1S/C12H20N2O3/c1-9(12(16)17)5-7-14-6-3-4-10(8-14)11(15)13-2/h5,10H,3-4,6-8H2,1-2H3,(H,13,15)(H,16,17)/b9-5-. The molecule has 1 aliphatic rings. The molecule has 0 aromatic carbocycles. The van der Waals surface area contributed by atoms with Crippen molar-refractivity contribution in [3.8, 4) is 0 Å². The van der Waals surface area contributed by atoms with Gasteiger partial charge in [0.25, 0.3) is 0 Å². The van der Waals surface area contributed by atoms with Crippen LogP contribution in [0.2, 0.25) is 0 Å². The second-order valence-electron chi connectivity index (χ2n) is 4.41. The van der Waals surface area contributed by atoms with Crippen molar-refractivity contribution in [3.63, 3.8) is 0 Å². The van der Waals surface area contributed by atoms with Gasteiger partial charge in [-0.1, -0.05) is 6.08 Å². The summed E-state index contributed by atoms with van der Waals surface area (Å²) >= 11 is 0. The molecule has 17 heavy (non-hydrogen) atoms. The first-order valence-electron chi connectivity index (χ1n) is 5.88. The summed E-state index contributed by atoms with van der Waals surface area (Å²) in [6, 6.07) is 0. The summed E-state index contributed by atoms with van der Waals surface area (Å²) in [5.74, 6) is -0.772. The Morgan fingerprint density at radius 3 is 2.82 bits per heavy atom. The van der Waals surface area contributed by atoms with Gasteiger partial charge in [-0.3, -0.25) is 9.69 Å². The van der Waals surface area contributed by atoms with E-state index in [1.807, 2.05) is 0 Å². The molecule has 0 aromatic rings. The lowest BCUT2D eigenvalue weighted by atomic mass is 9.97. The Hall–Kier alpha value is -1.36. The van der Waals surface area contributed by atoms with Crippen molar-refractivity contribution in [2.45, 2.75) is 19.8 Å². The normalized spacial score (nSPS) is 22.2. The molecule has 1 rings (SSSR count). The summed E-state index contributed by atoms with van der Waals surface area (Å²) in [5.41, 5.74) is 0.354. The van der Waals surface area contributed by atoms with Gasteiger partial charge >= 0.3 is 5.97 Å². The van der Waals surface area contributed by atoms with Crippen LogP contribution in [0.15, 0.2) is 11.6 Å². The van der Waals surface area contributed by atoms with Gasteiger partial charge in [0.2, 0.25) is 5.91 Å². The number of aliphatic carboxylic acids is 1. The van der Waals surface area contributed by atoms with E-state index in [1.165, 1.54) is 0 Å². The lowest BCUT2D eigenvalue weighted by Gasteiger charge is -2.30. The Morgan fingerprint density at radius 2 is 2.24 bits per heavy atom. The van der Waals surface area contributed by atoms with Crippen LogP contribution in [-0.4, -0.2) is 48.6 Å². The summed E-state index contributed by atoms with van der Waals surface area (Å²) in [4.78, 5) is 24.3. The van der Waals surface area contributed by atoms with Gasteiger partial charge in [0, 0.05) is 25.7 Å². The van der Waals surface area contributed by atoms with Crippen LogP contribution in [0.4, 0.5) is 0 Å². The maximum atomic E-state index is 11.5. The van der Waals surface area contributed by atoms with Crippen LogP contribution in [0, 0.1) is 5.92 Å². The van der Waals surface area contributed by atoms with Gasteiger partial charge in [-0.15, -0.1) is 0 Å². The number of carbonyl (C=O) groups is 2. The van der Waals surface area contributed by atoms with E-state index in [2.05, 4.69) is 10.2 Å². The summed E-state index contributed by atoms with van der Waals surface area (Å²) < 4.78 is 0. The van der Waals surface area contributed by atoms with E-state index in [4.69, 9.17) is 5.11 Å². The van der Waals surface area contributed by atoms with Gasteiger partial charge in [-0.2, -0.15) is 0 Å². The molecule has 1 fully saturated rings. The highest BCUT2D eigenvalue weighted by atomic mass is 16.4. The topological polar surface area (TPSA) is 69.6 Å². The highest BCUT2D eigenvalue weighted by molar-refractivity contribution is 5.85. The molecule has 1 unspecified atom stereocenters. The molecule has 1 atom stereocenters. The number of amides is 1. The predicted octanol–water partition coefficient (Wildman–Crippen LogP) is 0.475. The first kappa shape index (κ1) is 13.7. The molecule has 0 radical (unpaired) electrons. The second kappa shape index (κ2) is 6.39. The SMILES string of the molecule is CNC(=O)C1CCCN(C/C=C(/C)C(=O)O)C1. The molecule has 5 nitrogen and oxygen atoms in total. The smallest absolute Gasteiger partial charge is 0.330 e. The molecule has 1 amide bonds. The minimum atomic E-state index is -0.884. The molecule has 0 bridgehead atoms. The van der Waals surface area contributed by atoms with E-state index in [-0.39, 0.29) is 11.8 Å². The van der Waals surface area contributed by atoms with Crippen LogP contribution in [-0.2, 0) is 9.59 Å². The number of rotatable bonds is 4. The predicted molar refractivity (Wildman–Crippen MR) is 64.6 cm³/mol. The van der Waals surface area contributed by atoms with E-state index in [0.29, 0.717) is 18.7 Å². The van der Waals surface area contributed by atoms with Crippen LogP contribution in [0.5, 0.6) is 0 Å². The van der Waals surface area contributed by atoms with Gasteiger partial charge < -0.3 is 10.4 Å². The fraction of sp³-hybridized carbons (Fsp3) is 0.667. The Balaban J connectivity index is 2.47. The Bertz CT molecular complexity index is 326. The molecule has 1 saturated heterocycles. The van der Waals surface area contributed by atoms with Crippen LogP contribution in [0.1, 0.15) is 19.8 Å². The lowest BCUT2D eigenvalue weighted by Crippen LogP contribution is -2.42. The molecule has 0 aromatic heterocycles. The van der Waals surface area contributed by atoms with E-state index >= 15 is 0 Å². The summed E-state index contributed by atoms with van der Waals surface area (Å²) in [6.07, 6.45) is 3.60. The second-order valence-corrected chi connectivity index (χ2v) is 4.41. The number of likely N-dealkylation sites (tertiary alicyclic amines) is 1. The van der Waals surface area contributed by atoms with E-state index in [1.54, 1.807) is 20.0 Å². The number of nitrogens with one attached hydrogen (secondary N) is 1. The molecule has 2 N–H and O–H groups in total. The fourth-order valence-electron chi connectivity index (χ4n) is 1.99. The number of carboxylic acids is 1. The summed E-state index contributed by atoms with van der Waals surface area (Å²) in [5, 5.41) is 11.4. The van der Waals surface area contributed by atoms with Crippen molar-refractivity contribution < 1.29 is 14.7 Å². The third-order valence-corrected chi connectivity index (χ3v) is 3.12. The summed E-state index contributed by atoms with van der Waals surface area (Å²) in [6.45, 7) is 3.83. The van der Waals surface area contributed by atoms with E-state index < -0.39 is 5.97 Å². The van der Waals surface area contributed by atoms with Crippen molar-refractivity contribution in [2.24, 2.45) is 5.92 Å². The van der Waals surface area contributed by atoms with Crippen LogP contribution < -0.4 is 5.32 Å². The maximum Gasteiger partial charge on any atom is 0.330 e. The van der Waals surface area contributed by atoms with Crippen molar-refractivity contribution in [2.75, 3.05) is 26.7 Å². The van der Waals surface area contributed by atoms with Crippen LogP contribution in [0.25, 0.3) is 0 Å². The average Bonchev–Trinajstić information content (AvgIpc) is 2.35. The molecule has 1 aliphatic heterocycles. The first-order chi connectivity index (χ1) is 8.04. The van der Waals surface area contributed by atoms with Gasteiger partial charge in [0.05, 0.1) is 5.92 Å². The molecule has 0 spiro atoms. The van der Waals surface area contributed by atoms with Crippen LogP contribution >= 0.6 is 0 Å². The van der Waals surface area contributed by atoms with Crippen molar-refractivity contribution in [3.05, 3.63) is 11.6 Å². The highest BCUT2D eigenvalue weighted by Gasteiger charge is 2.24. The van der Waals surface area contributed by atoms with E-state index in [0.717, 1.165) is 19.4 Å². The Morgan fingerprint density at radius 1 is 1.53 bits per heavy atom. The third kappa shape index (κ3) is 4.19. The molecule has 96 valence electrons. The molecule has 5 heteroatoms. The van der Waals surface area contributed by atoms with Crippen LogP contribution in [0.3, 0.4) is 0 Å². The van der Waals surface area contributed by atoms with Crippen molar-refractivity contribution in [1.82, 2.24) is 10.2 Å². The number of hydrogen-bond donors (Lipinski definition) is 2. The monoisotopic (exact) mass is 240 g/mol. The van der Waals surface area contributed by atoms with Crippen molar-refractivity contribution >= 4 is 11.9 Å². The minimum Gasteiger partial charge on any atom is -0.478 e. The molecule has 0 saturated carbocycles. The van der Waals surface area contributed by atoms with Gasteiger partial charge in [-0.25, -0.2) is 4.79 Å². The van der Waals surface area contributed by atoms with Crippen molar-refractivity contribution in [1.29, 1.82) is 0 Å². The largest absolute Gasteiger partial charge is 0.478 e. The quantitative estimate of drug-likeness (QED) is 0.701. The molecule has 1 heterocycles. The van der Waals surface area contributed by atoms with E-state index in [9.17, 15) is 9.59 Å². The van der Waals surface area contributed by atoms with Gasteiger partial charge in [-0.05, 0) is 26.3 Å². The van der Waals surface area contributed by atoms with Gasteiger partial charge in [0.15, 0.2) is 0 Å². The fourth-order valence-corrected chi connectivity index (χ4v) is 1.99. The molecule has 0 aliphatic carbocycles. The number of carboxylic acid groups (broad SMARTS) is 1. The zero-order chi connectivity index (χ0) is 12.8. The molecular formula is C12H20N2O3. The summed E-state index contributed by atoms with van der Waals surface area (Å²) in [7, 11) is 1.65. The highest BCUT2D eigenvalue weighted by Crippen LogP contribution is 2.16. The average molecular weight is 240 g/mol. The zero-order valence-electron chi connectivity index (χ0n) is 10.4. The minimum absolute atomic E-state index is 0.0345. The van der Waals surface area contributed by atoms with Gasteiger partial charge in [0.1, 0.15) is 0 Å². The number of carbonyl (C=O) groups excluding carboxylic acids is 1. The number of nitrogens with zero attached hydrogens (tertiary/aromatic N) is 1. The zero-order valence-corrected chi connectivity index (χ0v) is 10.4. The molecular weight excluding hydrogens is 220 g/mol. The Labute approximate surface area is 101 Å².